The first-order chi connectivity index (χ1) is 9.74. The maximum Gasteiger partial charge on any atom is 0.323 e. The van der Waals surface area contributed by atoms with Gasteiger partial charge in [-0.15, -0.1) is 11.8 Å². The highest BCUT2D eigenvalue weighted by Crippen LogP contribution is 2.38. The predicted octanol–water partition coefficient (Wildman–Crippen LogP) is 3.87. The molecule has 20 heavy (non-hydrogen) atoms. The van der Waals surface area contributed by atoms with Gasteiger partial charge in [0.1, 0.15) is 11.1 Å². The normalized spacial score (nSPS) is 18.2. The van der Waals surface area contributed by atoms with Crippen molar-refractivity contribution in [2.75, 3.05) is 17.6 Å². The summed E-state index contributed by atoms with van der Waals surface area (Å²) < 4.78 is 5.42. The molecule has 1 aromatic carbocycles. The maximum atomic E-state index is 12.4. The van der Waals surface area contributed by atoms with Gasteiger partial charge in [0.2, 0.25) is 0 Å². The summed E-state index contributed by atoms with van der Waals surface area (Å²) in [6, 6.07) is 11.5. The lowest BCUT2D eigenvalue weighted by Crippen LogP contribution is -2.34. The molecular weight excluding hydrogens is 272 g/mol. The number of furan rings is 1. The fourth-order valence-corrected chi connectivity index (χ4v) is 3.47. The van der Waals surface area contributed by atoms with Crippen molar-refractivity contribution in [2.24, 2.45) is 0 Å². The Hall–Kier alpha value is -1.88. The van der Waals surface area contributed by atoms with Crippen molar-refractivity contribution in [2.45, 2.75) is 12.3 Å². The van der Waals surface area contributed by atoms with Gasteiger partial charge in [-0.2, -0.15) is 0 Å². The van der Waals surface area contributed by atoms with Gasteiger partial charge in [-0.3, -0.25) is 0 Å². The molecule has 2 amide bonds. The van der Waals surface area contributed by atoms with Crippen LogP contribution in [0.4, 0.5) is 10.5 Å². The van der Waals surface area contributed by atoms with Crippen LogP contribution in [0, 0.1) is 6.92 Å². The van der Waals surface area contributed by atoms with Crippen LogP contribution in [0.25, 0.3) is 0 Å². The van der Waals surface area contributed by atoms with Crippen LogP contribution >= 0.6 is 11.8 Å². The highest BCUT2D eigenvalue weighted by Gasteiger charge is 2.32. The Morgan fingerprint density at radius 1 is 1.40 bits per heavy atom. The van der Waals surface area contributed by atoms with E-state index in [2.05, 4.69) is 5.32 Å². The van der Waals surface area contributed by atoms with Crippen LogP contribution in [0.1, 0.15) is 16.7 Å². The lowest BCUT2D eigenvalue weighted by Gasteiger charge is -2.22. The minimum atomic E-state index is -0.0815. The van der Waals surface area contributed by atoms with Gasteiger partial charge in [-0.1, -0.05) is 12.1 Å². The molecule has 1 aliphatic rings. The number of urea groups is 1. The second-order valence-electron chi connectivity index (χ2n) is 4.73. The molecule has 1 N–H and O–H groups in total. The van der Waals surface area contributed by atoms with Crippen molar-refractivity contribution in [3.05, 3.63) is 54.0 Å². The third kappa shape index (κ3) is 2.67. The topological polar surface area (TPSA) is 45.5 Å². The first-order valence-corrected chi connectivity index (χ1v) is 7.58. The van der Waals surface area contributed by atoms with Gasteiger partial charge in [-0.05, 0) is 36.8 Å². The van der Waals surface area contributed by atoms with E-state index in [9.17, 15) is 4.79 Å². The Labute approximate surface area is 122 Å². The van der Waals surface area contributed by atoms with Gasteiger partial charge in [0.15, 0.2) is 0 Å². The molecule has 0 radical (unpaired) electrons. The molecule has 0 saturated carbocycles. The second-order valence-corrected chi connectivity index (χ2v) is 5.92. The quantitative estimate of drug-likeness (QED) is 0.912. The van der Waals surface area contributed by atoms with Crippen molar-refractivity contribution in [1.29, 1.82) is 0 Å². The zero-order chi connectivity index (χ0) is 13.9. The Morgan fingerprint density at radius 2 is 2.30 bits per heavy atom. The molecule has 2 aromatic rings. The minimum Gasteiger partial charge on any atom is -0.466 e. The average molecular weight is 288 g/mol. The summed E-state index contributed by atoms with van der Waals surface area (Å²) in [6.45, 7) is 2.74. The maximum absolute atomic E-state index is 12.4. The van der Waals surface area contributed by atoms with Crippen molar-refractivity contribution >= 4 is 23.5 Å². The molecule has 1 aliphatic heterocycles. The molecule has 4 nitrogen and oxygen atoms in total. The summed E-state index contributed by atoms with van der Waals surface area (Å²) in [5.74, 6) is 1.75. The third-order valence-electron chi connectivity index (χ3n) is 3.21. The highest BCUT2D eigenvalue weighted by molar-refractivity contribution is 7.99. The monoisotopic (exact) mass is 288 g/mol. The van der Waals surface area contributed by atoms with Crippen LogP contribution in [0.2, 0.25) is 0 Å². The Balaban J connectivity index is 1.73. The molecule has 0 spiro atoms. The first-order valence-electron chi connectivity index (χ1n) is 6.53. The molecule has 5 heteroatoms. The van der Waals surface area contributed by atoms with Crippen LogP contribution in [0.15, 0.2) is 47.1 Å². The molecule has 1 saturated heterocycles. The van der Waals surface area contributed by atoms with Gasteiger partial charge in [0.25, 0.3) is 0 Å². The largest absolute Gasteiger partial charge is 0.466 e. The molecule has 0 aliphatic carbocycles. The summed E-state index contributed by atoms with van der Waals surface area (Å²) in [5, 5.41) is 2.92. The van der Waals surface area contributed by atoms with Crippen LogP contribution in [-0.4, -0.2) is 23.2 Å². The van der Waals surface area contributed by atoms with Crippen LogP contribution < -0.4 is 5.32 Å². The number of hydrogen-bond acceptors (Lipinski definition) is 3. The fraction of sp³-hybridized carbons (Fsp3) is 0.267. The van der Waals surface area contributed by atoms with E-state index in [0.29, 0.717) is 0 Å². The first kappa shape index (κ1) is 13.1. The zero-order valence-electron chi connectivity index (χ0n) is 11.2. The van der Waals surface area contributed by atoms with E-state index < -0.39 is 0 Å². The molecule has 1 fully saturated rings. The number of anilines is 1. The van der Waals surface area contributed by atoms with Crippen molar-refractivity contribution < 1.29 is 9.21 Å². The highest BCUT2D eigenvalue weighted by atomic mass is 32.2. The van der Waals surface area contributed by atoms with E-state index in [-0.39, 0.29) is 11.4 Å². The van der Waals surface area contributed by atoms with Gasteiger partial charge < -0.3 is 14.6 Å². The van der Waals surface area contributed by atoms with E-state index in [1.807, 2.05) is 48.2 Å². The summed E-state index contributed by atoms with van der Waals surface area (Å²) in [4.78, 5) is 14.2. The average Bonchev–Trinajstić information content (AvgIpc) is 3.09. The molecule has 2 heterocycles. The number of hydrogen-bond donors (Lipinski definition) is 1. The molecule has 1 aromatic heterocycles. The van der Waals surface area contributed by atoms with Crippen LogP contribution in [0.5, 0.6) is 0 Å². The third-order valence-corrected chi connectivity index (χ3v) is 4.43. The number of nitrogens with zero attached hydrogens (tertiary/aromatic N) is 1. The van der Waals surface area contributed by atoms with Gasteiger partial charge in [0.05, 0.1) is 6.26 Å². The Bertz CT molecular complexity index is 598. The lowest BCUT2D eigenvalue weighted by atomic mass is 10.2. The SMILES string of the molecule is Cc1cccc(NC(=O)N2CCS[C@@H]2c2ccco2)c1. The van der Waals surface area contributed by atoms with E-state index in [1.54, 1.807) is 18.0 Å². The van der Waals surface area contributed by atoms with E-state index in [0.717, 1.165) is 29.3 Å². The second kappa shape index (κ2) is 5.63. The predicted molar refractivity (Wildman–Crippen MR) is 80.8 cm³/mol. The number of carbonyl (C=O) groups is 1. The molecular formula is C15H16N2O2S. The van der Waals surface area contributed by atoms with E-state index in [1.165, 1.54) is 0 Å². The number of rotatable bonds is 2. The molecule has 0 bridgehead atoms. The minimum absolute atomic E-state index is 0.0326. The number of aryl methyl sites for hydroxylation is 1. The van der Waals surface area contributed by atoms with Crippen molar-refractivity contribution in [1.82, 2.24) is 4.90 Å². The number of carbonyl (C=O) groups excluding carboxylic acids is 1. The number of amides is 2. The van der Waals surface area contributed by atoms with Gasteiger partial charge >= 0.3 is 6.03 Å². The van der Waals surface area contributed by atoms with Gasteiger partial charge in [0, 0.05) is 18.0 Å². The van der Waals surface area contributed by atoms with E-state index in [4.69, 9.17) is 4.42 Å². The summed E-state index contributed by atoms with van der Waals surface area (Å²) in [5.41, 5.74) is 1.95. The van der Waals surface area contributed by atoms with Gasteiger partial charge in [-0.25, -0.2) is 4.79 Å². The molecule has 3 rings (SSSR count). The Morgan fingerprint density at radius 3 is 3.05 bits per heavy atom. The standard InChI is InChI=1S/C15H16N2O2S/c1-11-4-2-5-12(10-11)16-15(18)17-7-9-20-14(17)13-6-3-8-19-13/h2-6,8,10,14H,7,9H2,1H3,(H,16,18)/t14-/m1/s1. The summed E-state index contributed by atoms with van der Waals surface area (Å²) >= 11 is 1.72. The van der Waals surface area contributed by atoms with Crippen molar-refractivity contribution in [3.63, 3.8) is 0 Å². The summed E-state index contributed by atoms with van der Waals surface area (Å²) in [6.07, 6.45) is 1.64. The molecule has 1 atom stereocenters. The summed E-state index contributed by atoms with van der Waals surface area (Å²) in [7, 11) is 0. The van der Waals surface area contributed by atoms with E-state index >= 15 is 0 Å². The van der Waals surface area contributed by atoms with Crippen molar-refractivity contribution in [3.8, 4) is 0 Å². The molecule has 104 valence electrons. The number of nitrogens with one attached hydrogen (secondary N) is 1. The van der Waals surface area contributed by atoms with Crippen LogP contribution in [0.3, 0.4) is 0 Å². The fourth-order valence-electron chi connectivity index (χ4n) is 2.26. The van der Waals surface area contributed by atoms with Crippen LogP contribution in [-0.2, 0) is 0 Å². The smallest absolute Gasteiger partial charge is 0.323 e. The number of benzene rings is 1. The molecule has 0 unspecified atom stereocenters. The lowest BCUT2D eigenvalue weighted by molar-refractivity contribution is 0.210. The number of thioether (sulfide) groups is 1. The zero-order valence-corrected chi connectivity index (χ0v) is 12.0. The Kier molecular flexibility index (Phi) is 3.69.